The van der Waals surface area contributed by atoms with Gasteiger partial charge in [-0.25, -0.2) is 8.42 Å². The van der Waals surface area contributed by atoms with Gasteiger partial charge in [-0.3, -0.25) is 9.59 Å². The van der Waals surface area contributed by atoms with Crippen LogP contribution in [0.1, 0.15) is 53.9 Å². The number of nitrogens with zero attached hydrogens (tertiary/aromatic N) is 1. The van der Waals surface area contributed by atoms with E-state index in [1.165, 1.54) is 10.6 Å². The summed E-state index contributed by atoms with van der Waals surface area (Å²) in [5.41, 5.74) is 4.28. The Morgan fingerprint density at radius 3 is 2.30 bits per heavy atom. The smallest absolute Gasteiger partial charge is 0.211 e. The molecule has 0 radical (unpaired) electrons. The molecule has 1 aliphatic carbocycles. The summed E-state index contributed by atoms with van der Waals surface area (Å²) < 4.78 is 25.6. The molecule has 2 atom stereocenters. The molecule has 3 rings (SSSR count). The highest BCUT2D eigenvalue weighted by atomic mass is 32.2. The SMILES string of the molecule is Cc1cc(C)c(C2C(=O)C/C(=C\C3CCCCN3S(C)(=O)=O)C2=O)c(C)c1. The third kappa shape index (κ3) is 3.92. The fourth-order valence-electron chi connectivity index (χ4n) is 4.53. The first-order valence-corrected chi connectivity index (χ1v) is 11.3. The van der Waals surface area contributed by atoms with Crippen LogP contribution >= 0.6 is 0 Å². The minimum atomic E-state index is -3.34. The third-order valence-corrected chi connectivity index (χ3v) is 6.92. The second-order valence-electron chi connectivity index (χ2n) is 7.88. The normalized spacial score (nSPS) is 26.1. The molecule has 2 fully saturated rings. The van der Waals surface area contributed by atoms with Crippen LogP contribution in [0.3, 0.4) is 0 Å². The Morgan fingerprint density at radius 2 is 1.70 bits per heavy atom. The molecule has 0 amide bonds. The first kappa shape index (κ1) is 20.0. The average molecular weight is 390 g/mol. The van der Waals surface area contributed by atoms with Gasteiger partial charge in [0.15, 0.2) is 11.6 Å². The lowest BCUT2D eigenvalue weighted by molar-refractivity contribution is -0.123. The van der Waals surface area contributed by atoms with E-state index in [2.05, 4.69) is 0 Å². The average Bonchev–Trinajstić information content (AvgIpc) is 2.81. The second-order valence-corrected chi connectivity index (χ2v) is 9.82. The topological polar surface area (TPSA) is 71.5 Å². The van der Waals surface area contributed by atoms with E-state index in [0.29, 0.717) is 18.5 Å². The summed E-state index contributed by atoms with van der Waals surface area (Å²) in [6.45, 7) is 6.33. The van der Waals surface area contributed by atoms with Crippen molar-refractivity contribution in [1.82, 2.24) is 4.31 Å². The molecule has 27 heavy (non-hydrogen) atoms. The summed E-state index contributed by atoms with van der Waals surface area (Å²) in [5, 5.41) is 0. The molecule has 5 nitrogen and oxygen atoms in total. The summed E-state index contributed by atoms with van der Waals surface area (Å²) in [4.78, 5) is 25.8. The fourth-order valence-corrected chi connectivity index (χ4v) is 5.65. The minimum Gasteiger partial charge on any atom is -0.298 e. The van der Waals surface area contributed by atoms with Crippen LogP contribution in [0.2, 0.25) is 0 Å². The van der Waals surface area contributed by atoms with E-state index in [1.807, 2.05) is 32.9 Å². The number of Topliss-reactive ketones (excluding diaryl/α,β-unsaturated/α-hetero) is 2. The van der Waals surface area contributed by atoms with Crippen molar-refractivity contribution < 1.29 is 18.0 Å². The van der Waals surface area contributed by atoms with Gasteiger partial charge >= 0.3 is 0 Å². The van der Waals surface area contributed by atoms with Crippen molar-refractivity contribution in [3.63, 3.8) is 0 Å². The summed E-state index contributed by atoms with van der Waals surface area (Å²) in [6, 6.07) is 3.66. The number of sulfonamides is 1. The van der Waals surface area contributed by atoms with Crippen LogP contribution in [0.15, 0.2) is 23.8 Å². The van der Waals surface area contributed by atoms with Crippen LogP contribution in [0.4, 0.5) is 0 Å². The number of rotatable bonds is 3. The van der Waals surface area contributed by atoms with Crippen molar-refractivity contribution in [2.75, 3.05) is 12.8 Å². The molecule has 0 spiro atoms. The largest absolute Gasteiger partial charge is 0.298 e. The maximum absolute atomic E-state index is 13.1. The molecule has 1 aromatic rings. The highest BCUT2D eigenvalue weighted by Crippen LogP contribution is 2.37. The van der Waals surface area contributed by atoms with Crippen LogP contribution in [-0.4, -0.2) is 43.1 Å². The monoisotopic (exact) mass is 389 g/mol. The number of carbonyl (C=O) groups excluding carboxylic acids is 2. The molecule has 1 aromatic carbocycles. The molecule has 0 N–H and O–H groups in total. The summed E-state index contributed by atoms with van der Waals surface area (Å²) in [5.74, 6) is -1.02. The Kier molecular flexibility index (Phi) is 5.41. The maximum Gasteiger partial charge on any atom is 0.211 e. The predicted molar refractivity (Wildman–Crippen MR) is 105 cm³/mol. The zero-order valence-electron chi connectivity index (χ0n) is 16.4. The molecule has 146 valence electrons. The van der Waals surface area contributed by atoms with Crippen molar-refractivity contribution in [2.45, 2.75) is 58.4 Å². The van der Waals surface area contributed by atoms with E-state index in [4.69, 9.17) is 0 Å². The molecule has 0 bridgehead atoms. The molecule has 0 aromatic heterocycles. The van der Waals surface area contributed by atoms with Crippen molar-refractivity contribution in [2.24, 2.45) is 0 Å². The molecule has 1 saturated heterocycles. The Bertz CT molecular complexity index is 906. The molecular weight excluding hydrogens is 362 g/mol. The number of allylic oxidation sites excluding steroid dienone is 1. The summed E-state index contributed by atoms with van der Waals surface area (Å²) in [6.07, 6.45) is 5.45. The Balaban J connectivity index is 1.96. The predicted octanol–water partition coefficient (Wildman–Crippen LogP) is 2.98. The van der Waals surface area contributed by atoms with E-state index in [9.17, 15) is 18.0 Å². The summed E-state index contributed by atoms with van der Waals surface area (Å²) in [7, 11) is -3.34. The Labute approximate surface area is 161 Å². The zero-order chi connectivity index (χ0) is 19.9. The third-order valence-electron chi connectivity index (χ3n) is 5.61. The molecule has 2 unspecified atom stereocenters. The number of benzene rings is 1. The van der Waals surface area contributed by atoms with Gasteiger partial charge < -0.3 is 0 Å². The first-order chi connectivity index (χ1) is 12.6. The second kappa shape index (κ2) is 7.32. The van der Waals surface area contributed by atoms with Gasteiger partial charge in [0.05, 0.1) is 6.26 Å². The van der Waals surface area contributed by atoms with Crippen LogP contribution in [0, 0.1) is 20.8 Å². The quantitative estimate of drug-likeness (QED) is 0.589. The van der Waals surface area contributed by atoms with E-state index >= 15 is 0 Å². The van der Waals surface area contributed by atoms with E-state index < -0.39 is 15.9 Å². The molecule has 1 saturated carbocycles. The first-order valence-electron chi connectivity index (χ1n) is 9.41. The highest BCUT2D eigenvalue weighted by molar-refractivity contribution is 7.88. The number of ketones is 2. The van der Waals surface area contributed by atoms with Gasteiger partial charge in [-0.15, -0.1) is 0 Å². The van der Waals surface area contributed by atoms with Crippen LogP contribution in [0.25, 0.3) is 0 Å². The van der Waals surface area contributed by atoms with Crippen molar-refractivity contribution >= 4 is 21.6 Å². The van der Waals surface area contributed by atoms with Crippen molar-refractivity contribution in [1.29, 1.82) is 0 Å². The standard InChI is InChI=1S/C21H27NO4S/c1-13-9-14(2)19(15(3)10-13)20-18(23)12-16(21(20)24)11-17-7-5-6-8-22(17)27(4,25)26/h9-11,17,20H,5-8,12H2,1-4H3/b16-11+. The van der Waals surface area contributed by atoms with Crippen LogP contribution in [0.5, 0.6) is 0 Å². The van der Waals surface area contributed by atoms with E-state index in [-0.39, 0.29) is 24.0 Å². The number of aryl methyl sites for hydroxylation is 3. The van der Waals surface area contributed by atoms with Crippen molar-refractivity contribution in [3.05, 3.63) is 46.0 Å². The van der Waals surface area contributed by atoms with Gasteiger partial charge in [0, 0.05) is 24.6 Å². The summed E-state index contributed by atoms with van der Waals surface area (Å²) >= 11 is 0. The Morgan fingerprint density at radius 1 is 1.07 bits per heavy atom. The zero-order valence-corrected chi connectivity index (χ0v) is 17.2. The van der Waals surface area contributed by atoms with Gasteiger partial charge in [-0.2, -0.15) is 4.31 Å². The minimum absolute atomic E-state index is 0.0877. The molecule has 6 heteroatoms. The maximum atomic E-state index is 13.1. The van der Waals surface area contributed by atoms with E-state index in [1.54, 1.807) is 6.08 Å². The molecule has 2 aliphatic rings. The Hall–Kier alpha value is -1.79. The molecule has 1 aliphatic heterocycles. The van der Waals surface area contributed by atoms with Gasteiger partial charge in [-0.05, 0) is 50.3 Å². The lowest BCUT2D eigenvalue weighted by Crippen LogP contribution is -2.42. The number of hydrogen-bond donors (Lipinski definition) is 0. The number of hydrogen-bond acceptors (Lipinski definition) is 4. The number of piperidine rings is 1. The fraction of sp³-hybridized carbons (Fsp3) is 0.524. The van der Waals surface area contributed by atoms with E-state index in [0.717, 1.165) is 35.1 Å². The van der Waals surface area contributed by atoms with Gasteiger partial charge in [-0.1, -0.05) is 30.2 Å². The highest BCUT2D eigenvalue weighted by Gasteiger charge is 2.40. The number of carbonyl (C=O) groups is 2. The van der Waals surface area contributed by atoms with Gasteiger partial charge in [0.2, 0.25) is 10.0 Å². The lowest BCUT2D eigenvalue weighted by atomic mass is 9.87. The van der Waals surface area contributed by atoms with Crippen molar-refractivity contribution in [3.8, 4) is 0 Å². The molecule has 1 heterocycles. The van der Waals surface area contributed by atoms with Crippen LogP contribution in [-0.2, 0) is 19.6 Å². The lowest BCUT2D eigenvalue weighted by Gasteiger charge is -2.32. The molecular formula is C21H27NO4S. The van der Waals surface area contributed by atoms with Gasteiger partial charge in [0.1, 0.15) is 5.92 Å². The van der Waals surface area contributed by atoms with Crippen LogP contribution < -0.4 is 0 Å². The van der Waals surface area contributed by atoms with Gasteiger partial charge in [0.25, 0.3) is 0 Å².